The molecule has 0 saturated heterocycles. The summed E-state index contributed by atoms with van der Waals surface area (Å²) in [6.07, 6.45) is 1.16. The predicted octanol–water partition coefficient (Wildman–Crippen LogP) is 2.33. The van der Waals surface area contributed by atoms with E-state index < -0.39 is 5.91 Å². The third-order valence-corrected chi connectivity index (χ3v) is 3.53. The molecular weight excluding hydrogens is 304 g/mol. The molecule has 0 aromatic heterocycles. The fourth-order valence-electron chi connectivity index (χ4n) is 2.08. The molecule has 5 heteroatoms. The number of hydrazine groups is 1. The maximum atomic E-state index is 11.8. The van der Waals surface area contributed by atoms with E-state index in [-0.39, 0.29) is 18.9 Å². The molecule has 0 bridgehead atoms. The third-order valence-electron chi connectivity index (χ3n) is 3.53. The van der Waals surface area contributed by atoms with Gasteiger partial charge in [0, 0.05) is 0 Å². The molecule has 2 aromatic carbocycles. The van der Waals surface area contributed by atoms with Gasteiger partial charge in [-0.25, -0.2) is 0 Å². The molecule has 0 spiro atoms. The van der Waals surface area contributed by atoms with E-state index in [0.29, 0.717) is 5.75 Å². The molecule has 0 fully saturated rings. The van der Waals surface area contributed by atoms with E-state index in [1.807, 2.05) is 55.5 Å². The molecule has 0 aliphatic rings. The van der Waals surface area contributed by atoms with Gasteiger partial charge < -0.3 is 4.74 Å². The lowest BCUT2D eigenvalue weighted by Gasteiger charge is -2.09. The largest absolute Gasteiger partial charge is 0.484 e. The van der Waals surface area contributed by atoms with Crippen LogP contribution in [0.4, 0.5) is 0 Å². The molecule has 0 aliphatic heterocycles. The molecule has 0 saturated carbocycles. The lowest BCUT2D eigenvalue weighted by atomic mass is 10.1. The molecule has 0 atom stereocenters. The smallest absolute Gasteiger partial charge is 0.276 e. The molecular formula is C19H22N2O3. The third kappa shape index (κ3) is 5.76. The summed E-state index contributed by atoms with van der Waals surface area (Å²) in [5.41, 5.74) is 7.95. The van der Waals surface area contributed by atoms with Gasteiger partial charge in [0.1, 0.15) is 5.75 Å². The van der Waals surface area contributed by atoms with Crippen molar-refractivity contribution < 1.29 is 14.3 Å². The Labute approximate surface area is 142 Å². The van der Waals surface area contributed by atoms with E-state index in [1.165, 1.54) is 5.56 Å². The van der Waals surface area contributed by atoms with Crippen molar-refractivity contribution in [3.63, 3.8) is 0 Å². The fraction of sp³-hybridized carbons (Fsp3) is 0.263. The summed E-state index contributed by atoms with van der Waals surface area (Å²) in [5, 5.41) is 0. The first-order chi connectivity index (χ1) is 11.6. The normalized spacial score (nSPS) is 10.1. The van der Waals surface area contributed by atoms with E-state index in [4.69, 9.17) is 4.74 Å². The quantitative estimate of drug-likeness (QED) is 0.801. The standard InChI is InChI=1S/C19H22N2O3/c1-3-15-8-10-17(11-9-15)24-13-19(23)21-20-18(22)12-16-6-4-14(2)5-7-16/h4-11H,3,12-13H2,1-2H3,(H,20,22)(H,21,23). The van der Waals surface area contributed by atoms with Crippen molar-refractivity contribution in [2.24, 2.45) is 0 Å². The van der Waals surface area contributed by atoms with Crippen LogP contribution in [0.3, 0.4) is 0 Å². The highest BCUT2D eigenvalue weighted by Gasteiger charge is 2.06. The molecule has 24 heavy (non-hydrogen) atoms. The second-order valence-corrected chi connectivity index (χ2v) is 5.54. The van der Waals surface area contributed by atoms with E-state index in [1.54, 1.807) is 0 Å². The van der Waals surface area contributed by atoms with Gasteiger partial charge in [-0.05, 0) is 36.6 Å². The Balaban J connectivity index is 1.70. The lowest BCUT2D eigenvalue weighted by Crippen LogP contribution is -2.44. The summed E-state index contributed by atoms with van der Waals surface area (Å²) in [4.78, 5) is 23.5. The average Bonchev–Trinajstić information content (AvgIpc) is 2.60. The summed E-state index contributed by atoms with van der Waals surface area (Å²) in [6.45, 7) is 3.90. The van der Waals surface area contributed by atoms with Gasteiger partial charge in [0.25, 0.3) is 5.91 Å². The number of carbonyl (C=O) groups is 2. The number of carbonyl (C=O) groups excluding carboxylic acids is 2. The zero-order valence-corrected chi connectivity index (χ0v) is 14.0. The maximum Gasteiger partial charge on any atom is 0.276 e. The van der Waals surface area contributed by atoms with Crippen molar-refractivity contribution in [2.45, 2.75) is 26.7 Å². The number of ether oxygens (including phenoxy) is 1. The Morgan fingerprint density at radius 1 is 0.875 bits per heavy atom. The number of benzene rings is 2. The van der Waals surface area contributed by atoms with E-state index in [2.05, 4.69) is 17.8 Å². The summed E-state index contributed by atoms with van der Waals surface area (Å²) >= 11 is 0. The Morgan fingerprint density at radius 2 is 1.46 bits per heavy atom. The molecule has 0 unspecified atom stereocenters. The Hall–Kier alpha value is -2.82. The van der Waals surface area contributed by atoms with Crippen molar-refractivity contribution in [2.75, 3.05) is 6.61 Å². The zero-order chi connectivity index (χ0) is 17.4. The van der Waals surface area contributed by atoms with Crippen LogP contribution in [-0.2, 0) is 22.4 Å². The first kappa shape index (κ1) is 17.5. The molecule has 0 aliphatic carbocycles. The van der Waals surface area contributed by atoms with Gasteiger partial charge in [-0.2, -0.15) is 0 Å². The Kier molecular flexibility index (Phi) is 6.37. The molecule has 2 amide bonds. The van der Waals surface area contributed by atoms with Crippen LogP contribution in [-0.4, -0.2) is 18.4 Å². The lowest BCUT2D eigenvalue weighted by molar-refractivity contribution is -0.129. The highest BCUT2D eigenvalue weighted by atomic mass is 16.5. The summed E-state index contributed by atoms with van der Waals surface area (Å²) in [7, 11) is 0. The van der Waals surface area contributed by atoms with Crippen molar-refractivity contribution >= 4 is 11.8 Å². The topological polar surface area (TPSA) is 67.4 Å². The highest BCUT2D eigenvalue weighted by Crippen LogP contribution is 2.12. The van der Waals surface area contributed by atoms with Crippen LogP contribution >= 0.6 is 0 Å². The van der Waals surface area contributed by atoms with Crippen LogP contribution in [0.2, 0.25) is 0 Å². The molecule has 0 radical (unpaired) electrons. The summed E-state index contributed by atoms with van der Waals surface area (Å²) in [6, 6.07) is 15.2. The van der Waals surface area contributed by atoms with E-state index in [9.17, 15) is 9.59 Å². The average molecular weight is 326 g/mol. The summed E-state index contributed by atoms with van der Waals surface area (Å²) < 4.78 is 5.37. The number of amides is 2. The van der Waals surface area contributed by atoms with Gasteiger partial charge in [0.15, 0.2) is 6.61 Å². The molecule has 5 nitrogen and oxygen atoms in total. The SMILES string of the molecule is CCc1ccc(OCC(=O)NNC(=O)Cc2ccc(C)cc2)cc1. The zero-order valence-electron chi connectivity index (χ0n) is 14.0. The van der Waals surface area contributed by atoms with Crippen LogP contribution < -0.4 is 15.6 Å². The van der Waals surface area contributed by atoms with Crippen LogP contribution in [0, 0.1) is 6.92 Å². The van der Waals surface area contributed by atoms with E-state index >= 15 is 0 Å². The predicted molar refractivity (Wildman–Crippen MR) is 92.5 cm³/mol. The second kappa shape index (κ2) is 8.72. The van der Waals surface area contributed by atoms with Gasteiger partial charge in [0.2, 0.25) is 5.91 Å². The highest BCUT2D eigenvalue weighted by molar-refractivity contribution is 5.83. The van der Waals surface area contributed by atoms with E-state index in [0.717, 1.165) is 17.5 Å². The molecule has 0 heterocycles. The first-order valence-corrected chi connectivity index (χ1v) is 7.92. The van der Waals surface area contributed by atoms with Crippen LogP contribution in [0.1, 0.15) is 23.6 Å². The van der Waals surface area contributed by atoms with Crippen molar-refractivity contribution in [1.82, 2.24) is 10.9 Å². The molecule has 2 N–H and O–H groups in total. The van der Waals surface area contributed by atoms with Gasteiger partial charge in [-0.1, -0.05) is 48.9 Å². The minimum atomic E-state index is -0.410. The van der Waals surface area contributed by atoms with Gasteiger partial charge >= 0.3 is 0 Å². The second-order valence-electron chi connectivity index (χ2n) is 5.54. The molecule has 2 rings (SSSR count). The number of rotatable bonds is 6. The Bertz CT molecular complexity index is 679. The van der Waals surface area contributed by atoms with Crippen molar-refractivity contribution in [1.29, 1.82) is 0 Å². The minimum absolute atomic E-state index is 0.156. The summed E-state index contributed by atoms with van der Waals surface area (Å²) in [5.74, 6) is -0.0698. The van der Waals surface area contributed by atoms with Gasteiger partial charge in [0.05, 0.1) is 6.42 Å². The van der Waals surface area contributed by atoms with Crippen LogP contribution in [0.25, 0.3) is 0 Å². The maximum absolute atomic E-state index is 11.8. The molecule has 2 aromatic rings. The van der Waals surface area contributed by atoms with Crippen LogP contribution in [0.15, 0.2) is 48.5 Å². The van der Waals surface area contributed by atoms with Crippen molar-refractivity contribution in [3.05, 3.63) is 65.2 Å². The first-order valence-electron chi connectivity index (χ1n) is 7.92. The monoisotopic (exact) mass is 326 g/mol. The number of nitrogens with one attached hydrogen (secondary N) is 2. The number of aryl methyl sites for hydroxylation is 2. The minimum Gasteiger partial charge on any atom is -0.484 e. The number of hydrogen-bond donors (Lipinski definition) is 2. The van der Waals surface area contributed by atoms with Crippen molar-refractivity contribution in [3.8, 4) is 5.75 Å². The Morgan fingerprint density at radius 3 is 2.08 bits per heavy atom. The number of hydrogen-bond acceptors (Lipinski definition) is 3. The van der Waals surface area contributed by atoms with Gasteiger partial charge in [-0.15, -0.1) is 0 Å². The van der Waals surface area contributed by atoms with Gasteiger partial charge in [-0.3, -0.25) is 20.4 Å². The molecule has 126 valence electrons. The van der Waals surface area contributed by atoms with Crippen LogP contribution in [0.5, 0.6) is 5.75 Å². The fourth-order valence-corrected chi connectivity index (χ4v) is 2.08.